The van der Waals surface area contributed by atoms with Gasteiger partial charge in [0.05, 0.1) is 0 Å². The van der Waals surface area contributed by atoms with Crippen LogP contribution < -0.4 is 0 Å². The van der Waals surface area contributed by atoms with Crippen LogP contribution in [0.1, 0.15) is 33.1 Å². The standard InChI is InChI=1S/C10H15NO3/c1-3-9-4-10(5-9,8(13)14)11(6-9)7(2)12/h3-6H2,1-2H3,(H,13,14). The molecule has 0 unspecified atom stereocenters. The summed E-state index contributed by atoms with van der Waals surface area (Å²) in [5, 5.41) is 9.15. The van der Waals surface area contributed by atoms with E-state index in [0.717, 1.165) is 6.42 Å². The second kappa shape index (κ2) is 2.49. The van der Waals surface area contributed by atoms with Crippen LogP contribution in [0.25, 0.3) is 0 Å². The molecule has 78 valence electrons. The van der Waals surface area contributed by atoms with Crippen LogP contribution in [-0.2, 0) is 9.59 Å². The van der Waals surface area contributed by atoms with Gasteiger partial charge in [0.15, 0.2) is 0 Å². The molecule has 1 saturated carbocycles. The number of carbonyl (C=O) groups excluding carboxylic acids is 1. The van der Waals surface area contributed by atoms with E-state index in [9.17, 15) is 9.59 Å². The van der Waals surface area contributed by atoms with Crippen molar-refractivity contribution >= 4 is 11.9 Å². The first-order valence-corrected chi connectivity index (χ1v) is 4.97. The van der Waals surface area contributed by atoms with Crippen LogP contribution in [0.2, 0.25) is 0 Å². The van der Waals surface area contributed by atoms with Crippen LogP contribution in [0.15, 0.2) is 0 Å². The Morgan fingerprint density at radius 1 is 1.43 bits per heavy atom. The number of carboxylic acids is 1. The number of nitrogens with zero attached hydrogens (tertiary/aromatic N) is 1. The fourth-order valence-corrected chi connectivity index (χ4v) is 3.02. The van der Waals surface area contributed by atoms with Gasteiger partial charge in [-0.1, -0.05) is 6.92 Å². The molecule has 1 N–H and O–H groups in total. The molecule has 2 saturated heterocycles. The number of hydrogen-bond donors (Lipinski definition) is 1. The van der Waals surface area contributed by atoms with Gasteiger partial charge in [-0.2, -0.15) is 0 Å². The van der Waals surface area contributed by atoms with Crippen LogP contribution in [0.5, 0.6) is 0 Å². The Labute approximate surface area is 82.9 Å². The number of hydrogen-bond acceptors (Lipinski definition) is 2. The molecule has 4 nitrogen and oxygen atoms in total. The molecule has 2 heterocycles. The van der Waals surface area contributed by atoms with Gasteiger partial charge >= 0.3 is 5.97 Å². The summed E-state index contributed by atoms with van der Waals surface area (Å²) in [6.45, 7) is 4.15. The van der Waals surface area contributed by atoms with Crippen molar-refractivity contribution in [1.29, 1.82) is 0 Å². The second-order valence-electron chi connectivity index (χ2n) is 4.65. The van der Waals surface area contributed by atoms with Gasteiger partial charge in [0.25, 0.3) is 0 Å². The van der Waals surface area contributed by atoms with Crippen molar-refractivity contribution < 1.29 is 14.7 Å². The van der Waals surface area contributed by atoms with Crippen LogP contribution in [0.3, 0.4) is 0 Å². The summed E-state index contributed by atoms with van der Waals surface area (Å²) in [6.07, 6.45) is 2.25. The van der Waals surface area contributed by atoms with E-state index in [1.54, 1.807) is 4.90 Å². The molecular formula is C10H15NO3. The Bertz CT molecular complexity index is 299. The Kier molecular flexibility index (Phi) is 1.69. The van der Waals surface area contributed by atoms with E-state index in [2.05, 4.69) is 6.92 Å². The Balaban J connectivity index is 2.29. The average molecular weight is 197 g/mol. The minimum Gasteiger partial charge on any atom is -0.479 e. The van der Waals surface area contributed by atoms with E-state index in [1.165, 1.54) is 6.92 Å². The Morgan fingerprint density at radius 2 is 2.00 bits per heavy atom. The number of rotatable bonds is 2. The molecule has 0 atom stereocenters. The van der Waals surface area contributed by atoms with Gasteiger partial charge in [-0.25, -0.2) is 4.79 Å². The summed E-state index contributed by atoms with van der Waals surface area (Å²) in [5.41, 5.74) is -0.758. The third kappa shape index (κ3) is 0.885. The molecule has 1 aliphatic carbocycles. The second-order valence-corrected chi connectivity index (χ2v) is 4.65. The van der Waals surface area contributed by atoms with Gasteiger partial charge in [-0.3, -0.25) is 4.79 Å². The van der Waals surface area contributed by atoms with Crippen LogP contribution in [0, 0.1) is 5.41 Å². The SMILES string of the molecule is CCC12CN(C(C)=O)C(C(=O)O)(C1)C2. The zero-order valence-corrected chi connectivity index (χ0v) is 8.54. The van der Waals surface area contributed by atoms with Crippen molar-refractivity contribution in [2.75, 3.05) is 6.54 Å². The molecule has 0 aromatic carbocycles. The highest BCUT2D eigenvalue weighted by molar-refractivity contribution is 5.89. The van der Waals surface area contributed by atoms with E-state index >= 15 is 0 Å². The van der Waals surface area contributed by atoms with E-state index in [1.807, 2.05) is 0 Å². The smallest absolute Gasteiger partial charge is 0.329 e. The first-order valence-electron chi connectivity index (χ1n) is 4.97. The number of fused-ring (bicyclic) bond motifs is 1. The van der Waals surface area contributed by atoms with E-state index in [4.69, 9.17) is 5.11 Å². The van der Waals surface area contributed by atoms with Gasteiger partial charge in [0, 0.05) is 13.5 Å². The number of carboxylic acid groups (broad SMARTS) is 1. The normalized spacial score (nSPS) is 39.4. The molecule has 0 spiro atoms. The first kappa shape index (κ1) is 9.49. The highest BCUT2D eigenvalue weighted by atomic mass is 16.4. The number of carbonyl (C=O) groups is 2. The molecule has 0 aromatic heterocycles. The lowest BCUT2D eigenvalue weighted by Gasteiger charge is -2.43. The zero-order valence-electron chi connectivity index (χ0n) is 8.54. The average Bonchev–Trinajstić information content (AvgIpc) is 2.53. The largest absolute Gasteiger partial charge is 0.479 e. The van der Waals surface area contributed by atoms with E-state index in [-0.39, 0.29) is 11.3 Å². The molecule has 2 aliphatic heterocycles. The van der Waals surface area contributed by atoms with Crippen molar-refractivity contribution in [3.63, 3.8) is 0 Å². The third-order valence-corrected chi connectivity index (χ3v) is 3.87. The van der Waals surface area contributed by atoms with Gasteiger partial charge in [-0.15, -0.1) is 0 Å². The fraction of sp³-hybridized carbons (Fsp3) is 0.800. The molecular weight excluding hydrogens is 182 g/mol. The molecule has 3 aliphatic rings. The number of aliphatic carboxylic acids is 1. The lowest BCUT2D eigenvalue weighted by molar-refractivity contribution is -0.159. The Hall–Kier alpha value is -1.06. The number of amides is 1. The van der Waals surface area contributed by atoms with Crippen LogP contribution in [0.4, 0.5) is 0 Å². The summed E-state index contributed by atoms with van der Waals surface area (Å²) in [4.78, 5) is 24.0. The third-order valence-electron chi connectivity index (χ3n) is 3.87. The zero-order chi connectivity index (χ0) is 10.6. The summed E-state index contributed by atoms with van der Waals surface area (Å²) in [7, 11) is 0. The molecule has 0 radical (unpaired) electrons. The monoisotopic (exact) mass is 197 g/mol. The lowest BCUT2D eigenvalue weighted by atomic mass is 9.60. The first-order chi connectivity index (χ1) is 6.46. The molecule has 2 bridgehead atoms. The molecule has 3 rings (SSSR count). The molecule has 3 fully saturated rings. The maximum atomic E-state index is 11.3. The molecule has 0 aromatic rings. The van der Waals surface area contributed by atoms with Crippen LogP contribution in [-0.4, -0.2) is 34.0 Å². The minimum absolute atomic E-state index is 0.101. The van der Waals surface area contributed by atoms with Crippen LogP contribution >= 0.6 is 0 Å². The van der Waals surface area contributed by atoms with Crippen molar-refractivity contribution in [2.45, 2.75) is 38.6 Å². The van der Waals surface area contributed by atoms with Crippen molar-refractivity contribution in [3.05, 3.63) is 0 Å². The quantitative estimate of drug-likeness (QED) is 0.714. The van der Waals surface area contributed by atoms with Gasteiger partial charge in [0.1, 0.15) is 5.54 Å². The van der Waals surface area contributed by atoms with Crippen molar-refractivity contribution in [3.8, 4) is 0 Å². The topological polar surface area (TPSA) is 57.6 Å². The molecule has 1 amide bonds. The summed E-state index contributed by atoms with van der Waals surface area (Å²) in [5.74, 6) is -0.950. The molecule has 14 heavy (non-hydrogen) atoms. The predicted octanol–water partition coefficient (Wildman–Crippen LogP) is 0.862. The fourth-order valence-electron chi connectivity index (χ4n) is 3.02. The maximum Gasteiger partial charge on any atom is 0.329 e. The Morgan fingerprint density at radius 3 is 2.29 bits per heavy atom. The maximum absolute atomic E-state index is 11.3. The molecule has 4 heteroatoms. The highest BCUT2D eigenvalue weighted by Gasteiger charge is 2.69. The summed E-state index contributed by atoms with van der Waals surface area (Å²) >= 11 is 0. The van der Waals surface area contributed by atoms with E-state index in [0.29, 0.717) is 19.4 Å². The van der Waals surface area contributed by atoms with Crippen molar-refractivity contribution in [2.24, 2.45) is 5.41 Å². The highest BCUT2D eigenvalue weighted by Crippen LogP contribution is 2.61. The van der Waals surface area contributed by atoms with E-state index < -0.39 is 11.5 Å². The summed E-state index contributed by atoms with van der Waals surface area (Å²) in [6, 6.07) is 0. The van der Waals surface area contributed by atoms with Gasteiger partial charge in [0.2, 0.25) is 5.91 Å². The van der Waals surface area contributed by atoms with Gasteiger partial charge < -0.3 is 10.0 Å². The van der Waals surface area contributed by atoms with Crippen molar-refractivity contribution in [1.82, 2.24) is 4.90 Å². The summed E-state index contributed by atoms with van der Waals surface area (Å²) < 4.78 is 0. The predicted molar refractivity (Wildman–Crippen MR) is 49.7 cm³/mol. The minimum atomic E-state index is -0.859. The van der Waals surface area contributed by atoms with Gasteiger partial charge in [-0.05, 0) is 24.7 Å². The lowest BCUT2D eigenvalue weighted by Crippen LogP contribution is -2.56.